The summed E-state index contributed by atoms with van der Waals surface area (Å²) in [4.78, 5) is -0.233. The lowest BCUT2D eigenvalue weighted by Gasteiger charge is -2.27. The van der Waals surface area contributed by atoms with Crippen LogP contribution in [0.4, 0.5) is 5.69 Å². The first kappa shape index (κ1) is 14.4. The van der Waals surface area contributed by atoms with E-state index in [-0.39, 0.29) is 15.7 Å². The Kier molecular flexibility index (Phi) is 4.19. The van der Waals surface area contributed by atoms with Crippen molar-refractivity contribution >= 4 is 27.3 Å². The van der Waals surface area contributed by atoms with E-state index in [0.717, 1.165) is 0 Å². The first-order chi connectivity index (χ1) is 8.98. The van der Waals surface area contributed by atoms with Gasteiger partial charge in [0.2, 0.25) is 10.0 Å². The van der Waals surface area contributed by atoms with Crippen LogP contribution in [-0.4, -0.2) is 51.1 Å². The van der Waals surface area contributed by atoms with E-state index in [4.69, 9.17) is 11.6 Å². The molecule has 1 aliphatic rings. The quantitative estimate of drug-likeness (QED) is 0.716. The zero-order valence-electron chi connectivity index (χ0n) is 10.5. The van der Waals surface area contributed by atoms with Crippen LogP contribution in [0.1, 0.15) is 0 Å². The second-order valence-corrected chi connectivity index (χ2v) is 6.46. The summed E-state index contributed by atoms with van der Waals surface area (Å²) in [6, 6.07) is 3.00. The van der Waals surface area contributed by atoms with Crippen molar-refractivity contribution in [1.29, 1.82) is 0 Å². The van der Waals surface area contributed by atoms with Gasteiger partial charge in [-0.15, -0.1) is 0 Å². The lowest BCUT2D eigenvalue weighted by molar-refractivity contribution is 0.357. The Morgan fingerprint density at radius 1 is 1.37 bits per heavy atom. The number of nitrogens with zero attached hydrogens (tertiary/aromatic N) is 1. The highest BCUT2D eigenvalue weighted by molar-refractivity contribution is 7.89. The molecule has 2 rings (SSSR count). The van der Waals surface area contributed by atoms with Crippen molar-refractivity contribution in [2.75, 3.05) is 38.5 Å². The van der Waals surface area contributed by atoms with Gasteiger partial charge >= 0.3 is 0 Å². The number of sulfonamides is 1. The van der Waals surface area contributed by atoms with Crippen molar-refractivity contribution in [2.24, 2.45) is 0 Å². The summed E-state index contributed by atoms with van der Waals surface area (Å²) in [5, 5.41) is 15.9. The molecule has 0 aromatic heterocycles. The minimum atomic E-state index is -3.78. The van der Waals surface area contributed by atoms with Crippen LogP contribution in [0.2, 0.25) is 5.02 Å². The number of piperazine rings is 1. The SMILES string of the molecule is CNc1ccc(Cl)c(S(=O)(=O)N2CCNCC2)c1O. The summed E-state index contributed by atoms with van der Waals surface area (Å²) < 4.78 is 26.4. The molecule has 8 heteroatoms. The van der Waals surface area contributed by atoms with Crippen molar-refractivity contribution in [3.8, 4) is 5.75 Å². The number of benzene rings is 1. The predicted octanol–water partition coefficient (Wildman–Crippen LogP) is 0.681. The number of hydrogen-bond acceptors (Lipinski definition) is 5. The normalized spacial score (nSPS) is 17.4. The predicted molar refractivity (Wildman–Crippen MR) is 74.3 cm³/mol. The molecule has 0 bridgehead atoms. The first-order valence-corrected chi connectivity index (χ1v) is 7.70. The van der Waals surface area contributed by atoms with E-state index in [1.165, 1.54) is 16.4 Å². The van der Waals surface area contributed by atoms with Gasteiger partial charge in [-0.2, -0.15) is 4.31 Å². The molecule has 0 radical (unpaired) electrons. The minimum absolute atomic E-state index is 0.0232. The topological polar surface area (TPSA) is 81.7 Å². The van der Waals surface area contributed by atoms with E-state index in [0.29, 0.717) is 31.9 Å². The van der Waals surface area contributed by atoms with Crippen LogP contribution in [0, 0.1) is 0 Å². The first-order valence-electron chi connectivity index (χ1n) is 5.88. The number of aromatic hydroxyl groups is 1. The van der Waals surface area contributed by atoms with Gasteiger partial charge in [0.05, 0.1) is 10.7 Å². The van der Waals surface area contributed by atoms with Crippen LogP contribution >= 0.6 is 11.6 Å². The molecule has 1 aromatic carbocycles. The van der Waals surface area contributed by atoms with E-state index in [1.54, 1.807) is 7.05 Å². The van der Waals surface area contributed by atoms with E-state index in [2.05, 4.69) is 10.6 Å². The van der Waals surface area contributed by atoms with Gasteiger partial charge in [0, 0.05) is 33.2 Å². The maximum absolute atomic E-state index is 12.5. The molecular weight excluding hydrogens is 290 g/mol. The van der Waals surface area contributed by atoms with Crippen molar-refractivity contribution < 1.29 is 13.5 Å². The summed E-state index contributed by atoms with van der Waals surface area (Å²) in [5.74, 6) is -0.339. The fraction of sp³-hybridized carbons (Fsp3) is 0.455. The maximum Gasteiger partial charge on any atom is 0.248 e. The van der Waals surface area contributed by atoms with Gasteiger partial charge in [0.1, 0.15) is 4.90 Å². The Hall–Kier alpha value is -1.02. The molecule has 1 heterocycles. The Labute approximate surface area is 117 Å². The van der Waals surface area contributed by atoms with E-state index >= 15 is 0 Å². The number of phenols is 1. The molecule has 1 aliphatic heterocycles. The maximum atomic E-state index is 12.5. The molecule has 0 aliphatic carbocycles. The lowest BCUT2D eigenvalue weighted by Crippen LogP contribution is -2.46. The fourth-order valence-corrected chi connectivity index (χ4v) is 4.04. The zero-order chi connectivity index (χ0) is 14.0. The van der Waals surface area contributed by atoms with Gasteiger partial charge in [-0.25, -0.2) is 8.42 Å². The number of hydrogen-bond donors (Lipinski definition) is 3. The molecule has 6 nitrogen and oxygen atoms in total. The molecule has 19 heavy (non-hydrogen) atoms. The zero-order valence-corrected chi connectivity index (χ0v) is 12.1. The second-order valence-electron chi connectivity index (χ2n) is 4.18. The highest BCUT2D eigenvalue weighted by Crippen LogP contribution is 2.38. The third-order valence-corrected chi connectivity index (χ3v) is 5.43. The van der Waals surface area contributed by atoms with Crippen molar-refractivity contribution in [3.05, 3.63) is 17.2 Å². The van der Waals surface area contributed by atoms with E-state index < -0.39 is 10.0 Å². The highest BCUT2D eigenvalue weighted by atomic mass is 35.5. The minimum Gasteiger partial charge on any atom is -0.504 e. The molecule has 0 amide bonds. The third-order valence-electron chi connectivity index (χ3n) is 3.03. The number of halogens is 1. The third kappa shape index (κ3) is 2.64. The summed E-state index contributed by atoms with van der Waals surface area (Å²) in [6.07, 6.45) is 0. The number of phenolic OH excluding ortho intramolecular Hbond substituents is 1. The molecule has 0 atom stereocenters. The molecule has 0 saturated carbocycles. The smallest absolute Gasteiger partial charge is 0.248 e. The van der Waals surface area contributed by atoms with E-state index in [1.807, 2.05) is 0 Å². The summed E-state index contributed by atoms with van der Waals surface area (Å²) in [5.41, 5.74) is 0.332. The van der Waals surface area contributed by atoms with Crippen LogP contribution in [0.15, 0.2) is 17.0 Å². The van der Waals surface area contributed by atoms with Crippen LogP contribution in [-0.2, 0) is 10.0 Å². The van der Waals surface area contributed by atoms with Gasteiger partial charge in [-0.1, -0.05) is 11.6 Å². The molecule has 0 spiro atoms. The second kappa shape index (κ2) is 5.54. The number of rotatable bonds is 3. The molecule has 1 aromatic rings. The Bertz CT molecular complexity index is 571. The van der Waals surface area contributed by atoms with Gasteiger partial charge in [-0.3, -0.25) is 0 Å². The summed E-state index contributed by atoms with van der Waals surface area (Å²) in [6.45, 7) is 1.90. The van der Waals surface area contributed by atoms with Gasteiger partial charge in [-0.05, 0) is 12.1 Å². The van der Waals surface area contributed by atoms with Crippen LogP contribution < -0.4 is 10.6 Å². The van der Waals surface area contributed by atoms with E-state index in [9.17, 15) is 13.5 Å². The van der Waals surface area contributed by atoms with Crippen molar-refractivity contribution in [1.82, 2.24) is 9.62 Å². The van der Waals surface area contributed by atoms with Crippen LogP contribution in [0.3, 0.4) is 0 Å². The molecule has 106 valence electrons. The van der Waals surface area contributed by atoms with Gasteiger partial charge in [0.25, 0.3) is 0 Å². The Morgan fingerprint density at radius 2 is 2.00 bits per heavy atom. The molecule has 1 fully saturated rings. The highest BCUT2D eigenvalue weighted by Gasteiger charge is 2.31. The van der Waals surface area contributed by atoms with Crippen LogP contribution in [0.25, 0.3) is 0 Å². The Balaban J connectivity index is 2.50. The molecule has 3 N–H and O–H groups in total. The number of nitrogens with one attached hydrogen (secondary N) is 2. The average Bonchev–Trinajstić information content (AvgIpc) is 2.40. The number of anilines is 1. The summed E-state index contributed by atoms with van der Waals surface area (Å²) in [7, 11) is -2.18. The standard InChI is InChI=1S/C11H16ClN3O3S/c1-13-9-3-2-8(12)11(10(9)16)19(17,18)15-6-4-14-5-7-15/h2-3,13-14,16H,4-7H2,1H3. The Morgan fingerprint density at radius 3 is 2.58 bits per heavy atom. The molecular formula is C11H16ClN3O3S. The lowest BCUT2D eigenvalue weighted by atomic mass is 10.3. The fourth-order valence-electron chi connectivity index (χ4n) is 2.01. The molecule has 0 unspecified atom stereocenters. The monoisotopic (exact) mass is 305 g/mol. The van der Waals surface area contributed by atoms with Gasteiger partial charge in [0.15, 0.2) is 5.75 Å². The van der Waals surface area contributed by atoms with Crippen LogP contribution in [0.5, 0.6) is 5.75 Å². The van der Waals surface area contributed by atoms with Gasteiger partial charge < -0.3 is 15.7 Å². The average molecular weight is 306 g/mol. The van der Waals surface area contributed by atoms with Crippen molar-refractivity contribution in [2.45, 2.75) is 4.90 Å². The largest absolute Gasteiger partial charge is 0.504 e. The van der Waals surface area contributed by atoms with Crippen molar-refractivity contribution in [3.63, 3.8) is 0 Å². The summed E-state index contributed by atoms with van der Waals surface area (Å²) >= 11 is 5.95. The molecule has 1 saturated heterocycles.